The number of piperidine rings is 3. The first kappa shape index (κ1) is 13.2. The molecule has 4 nitrogen and oxygen atoms in total. The van der Waals surface area contributed by atoms with Gasteiger partial charge in [-0.05, 0) is 49.5 Å². The molecule has 0 unspecified atom stereocenters. The van der Waals surface area contributed by atoms with Crippen molar-refractivity contribution in [2.45, 2.75) is 25.3 Å². The Morgan fingerprint density at radius 2 is 2.24 bits per heavy atom. The fraction of sp³-hybridized carbons (Fsp3) is 0.500. The first-order chi connectivity index (χ1) is 10.3. The molecule has 3 aliphatic heterocycles. The highest BCUT2D eigenvalue weighted by atomic mass is 32.1. The van der Waals surface area contributed by atoms with Crippen LogP contribution in [0.2, 0.25) is 0 Å². The third kappa shape index (κ3) is 2.68. The van der Waals surface area contributed by atoms with Crippen LogP contribution in [0.5, 0.6) is 0 Å². The van der Waals surface area contributed by atoms with Gasteiger partial charge >= 0.3 is 0 Å². The van der Waals surface area contributed by atoms with Gasteiger partial charge in [-0.2, -0.15) is 0 Å². The van der Waals surface area contributed by atoms with E-state index < -0.39 is 0 Å². The summed E-state index contributed by atoms with van der Waals surface area (Å²) in [5, 5.41) is 3.25. The smallest absolute Gasteiger partial charge is 0.224 e. The molecule has 5 rings (SSSR count). The van der Waals surface area contributed by atoms with Crippen molar-refractivity contribution in [2.24, 2.45) is 5.92 Å². The lowest BCUT2D eigenvalue weighted by Gasteiger charge is -2.44. The Bertz CT molecular complexity index is 660. The summed E-state index contributed by atoms with van der Waals surface area (Å²) in [6.07, 6.45) is 2.94. The number of hydrogen-bond donors (Lipinski definition) is 1. The number of aromatic nitrogens is 1. The molecular formula is C16H19N3OS. The number of fused-ring (bicyclic) bond motifs is 4. The summed E-state index contributed by atoms with van der Waals surface area (Å²) < 4.78 is 1.16. The average Bonchev–Trinajstić information content (AvgIpc) is 2.96. The predicted octanol–water partition coefficient (Wildman–Crippen LogP) is 2.05. The monoisotopic (exact) mass is 301 g/mol. The molecule has 1 aromatic heterocycles. The molecule has 1 amide bonds. The highest BCUT2D eigenvalue weighted by molar-refractivity contribution is 7.16. The van der Waals surface area contributed by atoms with Crippen LogP contribution in [-0.4, -0.2) is 41.5 Å². The largest absolute Gasteiger partial charge is 0.352 e. The van der Waals surface area contributed by atoms with E-state index >= 15 is 0 Å². The standard InChI is InChI=1S/C16H19N3OS/c20-16(18-14-9-19-5-3-12(14)4-6-19)8-11-1-2-13-15(7-11)21-10-17-13/h1-2,7,10,12,14H,3-6,8-9H2,(H,18,20)/t14-/m0/s1. The lowest BCUT2D eigenvalue weighted by Crippen LogP contribution is -2.57. The van der Waals surface area contributed by atoms with Crippen LogP contribution in [0.25, 0.3) is 10.2 Å². The van der Waals surface area contributed by atoms with Gasteiger partial charge < -0.3 is 10.2 Å². The fourth-order valence-corrected chi connectivity index (χ4v) is 4.32. The third-order valence-corrected chi connectivity index (χ3v) is 5.55. The minimum Gasteiger partial charge on any atom is -0.352 e. The van der Waals surface area contributed by atoms with Gasteiger partial charge in [-0.15, -0.1) is 11.3 Å². The van der Waals surface area contributed by atoms with Gasteiger partial charge in [-0.1, -0.05) is 6.07 Å². The van der Waals surface area contributed by atoms with Crippen molar-refractivity contribution in [2.75, 3.05) is 19.6 Å². The van der Waals surface area contributed by atoms with Crippen LogP contribution in [0.4, 0.5) is 0 Å². The van der Waals surface area contributed by atoms with Crippen LogP contribution in [0, 0.1) is 5.92 Å². The quantitative estimate of drug-likeness (QED) is 0.944. The fourth-order valence-electron chi connectivity index (χ4n) is 3.58. The van der Waals surface area contributed by atoms with Gasteiger partial charge in [0.1, 0.15) is 0 Å². The minimum absolute atomic E-state index is 0.151. The molecule has 2 bridgehead atoms. The maximum Gasteiger partial charge on any atom is 0.224 e. The van der Waals surface area contributed by atoms with Gasteiger partial charge in [0.05, 0.1) is 22.1 Å². The highest BCUT2D eigenvalue weighted by Gasteiger charge is 2.34. The molecule has 21 heavy (non-hydrogen) atoms. The molecule has 0 saturated carbocycles. The molecule has 3 saturated heterocycles. The number of thiazole rings is 1. The van der Waals surface area contributed by atoms with Gasteiger partial charge in [-0.3, -0.25) is 4.79 Å². The van der Waals surface area contributed by atoms with Crippen molar-refractivity contribution in [1.82, 2.24) is 15.2 Å². The molecule has 1 N–H and O–H groups in total. The van der Waals surface area contributed by atoms with Crippen molar-refractivity contribution in [3.05, 3.63) is 29.3 Å². The number of hydrogen-bond acceptors (Lipinski definition) is 4. The van der Waals surface area contributed by atoms with E-state index in [0.29, 0.717) is 18.4 Å². The number of rotatable bonds is 3. The Balaban J connectivity index is 1.41. The summed E-state index contributed by atoms with van der Waals surface area (Å²) in [4.78, 5) is 19.0. The molecule has 3 fully saturated rings. The van der Waals surface area contributed by atoms with Crippen molar-refractivity contribution < 1.29 is 4.79 Å². The molecule has 0 radical (unpaired) electrons. The van der Waals surface area contributed by atoms with Crippen molar-refractivity contribution in [3.8, 4) is 0 Å². The number of amides is 1. The van der Waals surface area contributed by atoms with Gasteiger partial charge in [0.2, 0.25) is 5.91 Å². The van der Waals surface area contributed by atoms with E-state index in [0.717, 1.165) is 22.3 Å². The zero-order valence-corrected chi connectivity index (χ0v) is 12.7. The van der Waals surface area contributed by atoms with E-state index in [9.17, 15) is 4.79 Å². The second kappa shape index (κ2) is 5.39. The van der Waals surface area contributed by atoms with Gasteiger partial charge in [0, 0.05) is 12.6 Å². The van der Waals surface area contributed by atoms with Gasteiger partial charge in [0.15, 0.2) is 0 Å². The Hall–Kier alpha value is -1.46. The van der Waals surface area contributed by atoms with E-state index in [1.54, 1.807) is 11.3 Å². The Morgan fingerprint density at radius 1 is 1.38 bits per heavy atom. The van der Waals surface area contributed by atoms with Crippen LogP contribution in [0.3, 0.4) is 0 Å². The molecule has 4 heterocycles. The normalized spacial score (nSPS) is 27.9. The Labute approximate surface area is 128 Å². The number of benzene rings is 1. The highest BCUT2D eigenvalue weighted by Crippen LogP contribution is 2.27. The maximum absolute atomic E-state index is 12.3. The summed E-state index contributed by atoms with van der Waals surface area (Å²) in [5.41, 5.74) is 3.94. The van der Waals surface area contributed by atoms with E-state index in [1.165, 1.54) is 25.9 Å². The molecule has 1 aromatic carbocycles. The second-order valence-corrected chi connectivity index (χ2v) is 7.03. The van der Waals surface area contributed by atoms with Crippen molar-refractivity contribution in [3.63, 3.8) is 0 Å². The number of nitrogens with zero attached hydrogens (tertiary/aromatic N) is 2. The second-order valence-electron chi connectivity index (χ2n) is 6.14. The molecule has 5 heteroatoms. The van der Waals surface area contributed by atoms with Crippen LogP contribution < -0.4 is 5.32 Å². The molecule has 2 aromatic rings. The molecule has 0 aliphatic carbocycles. The van der Waals surface area contributed by atoms with Crippen LogP contribution in [0.15, 0.2) is 23.7 Å². The number of carbonyl (C=O) groups excluding carboxylic acids is 1. The summed E-state index contributed by atoms with van der Waals surface area (Å²) in [6.45, 7) is 3.45. The van der Waals surface area contributed by atoms with Crippen LogP contribution in [0.1, 0.15) is 18.4 Å². The van der Waals surface area contributed by atoms with Crippen LogP contribution >= 0.6 is 11.3 Å². The number of nitrogens with one attached hydrogen (secondary N) is 1. The summed E-state index contributed by atoms with van der Waals surface area (Å²) in [6, 6.07) is 6.45. The maximum atomic E-state index is 12.3. The van der Waals surface area contributed by atoms with Crippen molar-refractivity contribution >= 4 is 27.5 Å². The average molecular weight is 301 g/mol. The predicted molar refractivity (Wildman–Crippen MR) is 84.4 cm³/mol. The molecule has 1 atom stereocenters. The van der Waals surface area contributed by atoms with Crippen molar-refractivity contribution in [1.29, 1.82) is 0 Å². The van der Waals surface area contributed by atoms with E-state index in [4.69, 9.17) is 0 Å². The summed E-state index contributed by atoms with van der Waals surface area (Å²) in [7, 11) is 0. The third-order valence-electron chi connectivity index (χ3n) is 4.76. The first-order valence-electron chi connectivity index (χ1n) is 7.62. The Kier molecular flexibility index (Phi) is 3.39. The SMILES string of the molecule is O=C(Cc1ccc2ncsc2c1)N[C@H]1CN2CCC1CC2. The molecule has 0 spiro atoms. The minimum atomic E-state index is 0.151. The van der Waals surface area contributed by atoms with Gasteiger partial charge in [-0.25, -0.2) is 4.98 Å². The molecular weight excluding hydrogens is 282 g/mol. The zero-order chi connectivity index (χ0) is 14.2. The molecule has 3 aliphatic rings. The summed E-state index contributed by atoms with van der Waals surface area (Å²) in [5.74, 6) is 0.834. The number of carbonyl (C=O) groups is 1. The molecule has 110 valence electrons. The first-order valence-corrected chi connectivity index (χ1v) is 8.50. The van der Waals surface area contributed by atoms with E-state index in [2.05, 4.69) is 21.3 Å². The summed E-state index contributed by atoms with van der Waals surface area (Å²) >= 11 is 1.62. The lowest BCUT2D eigenvalue weighted by molar-refractivity contribution is -0.122. The Morgan fingerprint density at radius 3 is 3.00 bits per heavy atom. The van der Waals surface area contributed by atoms with Gasteiger partial charge in [0.25, 0.3) is 0 Å². The topological polar surface area (TPSA) is 45.2 Å². The zero-order valence-electron chi connectivity index (χ0n) is 11.9. The van der Waals surface area contributed by atoms with Crippen LogP contribution in [-0.2, 0) is 11.2 Å². The van der Waals surface area contributed by atoms with E-state index in [-0.39, 0.29) is 5.91 Å². The van der Waals surface area contributed by atoms with E-state index in [1.807, 2.05) is 17.6 Å². The lowest BCUT2D eigenvalue weighted by atomic mass is 9.84.